The van der Waals surface area contributed by atoms with Crippen molar-refractivity contribution in [3.8, 4) is 0 Å². The van der Waals surface area contributed by atoms with E-state index in [0.717, 1.165) is 39.5 Å². The number of hydrogen-bond acceptors (Lipinski definition) is 17. The van der Waals surface area contributed by atoms with Crippen molar-refractivity contribution < 1.29 is 96.9 Å². The summed E-state index contributed by atoms with van der Waals surface area (Å²) in [5.41, 5.74) is 0. The Kier molecular flexibility index (Phi) is 28.4. The van der Waals surface area contributed by atoms with Gasteiger partial charge >= 0.3 is 19.8 Å². The first kappa shape index (κ1) is 60.7. The van der Waals surface area contributed by atoms with E-state index in [1.54, 1.807) is 0 Å². The van der Waals surface area contributed by atoms with E-state index in [4.69, 9.17) is 33.1 Å². The number of amides is 4. The number of rotatable bonds is 34. The van der Waals surface area contributed by atoms with Crippen LogP contribution in [0.5, 0.6) is 0 Å². The number of nitrogens with one attached hydrogen (secondary N) is 4. The van der Waals surface area contributed by atoms with Crippen molar-refractivity contribution in [3.05, 3.63) is 0 Å². The van der Waals surface area contributed by atoms with Gasteiger partial charge in [-0.05, 0) is 26.7 Å². The summed E-state index contributed by atoms with van der Waals surface area (Å²) < 4.78 is 48.1. The number of carboxylic acid groups (broad SMARTS) is 2. The Morgan fingerprint density at radius 3 is 1.69 bits per heavy atom. The van der Waals surface area contributed by atoms with Crippen LogP contribution in [0.15, 0.2) is 0 Å². The summed E-state index contributed by atoms with van der Waals surface area (Å²) in [7, 11) is -5.03. The molecule has 68 heavy (non-hydrogen) atoms. The normalized spacial score (nSPS) is 27.2. The lowest BCUT2D eigenvalue weighted by Crippen LogP contribution is -2.70. The summed E-state index contributed by atoms with van der Waals surface area (Å²) >= 11 is 0. The molecule has 2 saturated heterocycles. The molecule has 0 aromatic carbocycles. The minimum atomic E-state index is -5.03. The molecule has 2 rings (SSSR count). The van der Waals surface area contributed by atoms with Crippen LogP contribution in [0.3, 0.4) is 0 Å². The number of aliphatic hydroxyl groups excluding tert-OH is 4. The summed E-state index contributed by atoms with van der Waals surface area (Å²) in [5.74, 6) is -6.37. The number of aliphatic hydroxyl groups is 4. The van der Waals surface area contributed by atoms with E-state index in [1.807, 2.05) is 0 Å². The van der Waals surface area contributed by atoms with Crippen LogP contribution >= 0.6 is 7.82 Å². The molecule has 394 valence electrons. The number of carbonyl (C=O) groups excluding carboxylic acids is 4. The second-order valence-electron chi connectivity index (χ2n) is 17.3. The smallest absolute Gasteiger partial charge is 0.474 e. The molecule has 0 saturated carbocycles. The molecule has 0 aromatic rings. The van der Waals surface area contributed by atoms with Gasteiger partial charge in [-0.3, -0.25) is 33.0 Å². The van der Waals surface area contributed by atoms with Crippen molar-refractivity contribution in [1.29, 1.82) is 0 Å². The van der Waals surface area contributed by atoms with E-state index < -0.39 is 149 Å². The Labute approximate surface area is 397 Å². The van der Waals surface area contributed by atoms with Gasteiger partial charge in [-0.15, -0.1) is 0 Å². The van der Waals surface area contributed by atoms with Crippen molar-refractivity contribution in [3.63, 3.8) is 0 Å². The van der Waals surface area contributed by atoms with Gasteiger partial charge in [0.1, 0.15) is 66.9 Å². The SMILES string of the molecule is CCCCCCCCCCCCCCCCOP(=O)(O)O[C@H]1O[C@H](CO)[C@@H](O[C@@H]2O[C@H](CO)[C@@H](O)[C@H](O)[C@H]2NC(C)=O)[C@H](O[C@H](C)C(=O)N[C@@H](C)C(=O)N[C@H](CCC(=O)O)C(=O)O)[C@H]1NC(C)=O. The lowest BCUT2D eigenvalue weighted by molar-refractivity contribution is -0.331. The fraction of sp³-hybridized carbons (Fsp3) is 0.860. The predicted octanol–water partition coefficient (Wildman–Crippen LogP) is 0.865. The van der Waals surface area contributed by atoms with Crippen LogP contribution < -0.4 is 21.3 Å². The van der Waals surface area contributed by atoms with Crippen molar-refractivity contribution in [1.82, 2.24) is 21.3 Å². The quantitative estimate of drug-likeness (QED) is 0.0315. The van der Waals surface area contributed by atoms with Crippen molar-refractivity contribution >= 4 is 43.4 Å². The number of phosphoric ester groups is 1. The summed E-state index contributed by atoms with van der Waals surface area (Å²) in [6, 6.07) is -6.30. The largest absolute Gasteiger partial charge is 0.481 e. The van der Waals surface area contributed by atoms with E-state index in [2.05, 4.69) is 28.2 Å². The standard InChI is InChI=1S/C43H77N4O20P/c1-6-7-8-9-10-11-12-13-14-15-16-17-18-19-22-62-68(60,61)67-43-34(46-28(5)51)38(63-26(3)40(57)44-25(2)39(56)47-29(41(58)59)20-21-32(52)53)37(31(24-49)65-43)66-42-33(45-27(4)50)36(55)35(54)30(23-48)64-42/h25-26,29-31,33-38,42-43,48-49,54-55H,6-24H2,1-5H3,(H,44,57)(H,45,50)(H,46,51)(H,47,56)(H,52,53)(H,58,59)(H,60,61)/t25-,26+,29+,30+,31+,33+,34+,35+,36+,37+,38+,42-,43+/m0/s1. The molecule has 0 spiro atoms. The maximum Gasteiger partial charge on any atom is 0.474 e. The first-order chi connectivity index (χ1) is 32.2. The zero-order chi connectivity index (χ0) is 51.0. The Morgan fingerprint density at radius 2 is 1.19 bits per heavy atom. The fourth-order valence-corrected chi connectivity index (χ4v) is 8.61. The number of hydrogen-bond donors (Lipinski definition) is 11. The van der Waals surface area contributed by atoms with Crippen LogP contribution in [0.25, 0.3) is 0 Å². The van der Waals surface area contributed by atoms with E-state index in [9.17, 15) is 63.8 Å². The maximum atomic E-state index is 13.6. The summed E-state index contributed by atoms with van der Waals surface area (Å²) in [4.78, 5) is 85.0. The van der Waals surface area contributed by atoms with E-state index in [1.165, 1.54) is 65.2 Å². The third kappa shape index (κ3) is 21.7. The van der Waals surface area contributed by atoms with Crippen molar-refractivity contribution in [2.45, 2.75) is 217 Å². The molecule has 25 heteroatoms. The zero-order valence-electron chi connectivity index (χ0n) is 39.8. The molecule has 11 N–H and O–H groups in total. The van der Waals surface area contributed by atoms with Gasteiger partial charge in [-0.1, -0.05) is 90.4 Å². The zero-order valence-corrected chi connectivity index (χ0v) is 40.7. The topological polar surface area (TPSA) is 365 Å². The van der Waals surface area contributed by atoms with Crippen LogP contribution in [0.4, 0.5) is 0 Å². The Bertz CT molecular complexity index is 1610. The Morgan fingerprint density at radius 1 is 0.676 bits per heavy atom. The minimum Gasteiger partial charge on any atom is -0.481 e. The number of carboxylic acids is 2. The number of carbonyl (C=O) groups is 6. The van der Waals surface area contributed by atoms with Gasteiger partial charge in [0.05, 0.1) is 19.8 Å². The van der Waals surface area contributed by atoms with Crippen LogP contribution in [0.1, 0.15) is 137 Å². The number of aliphatic carboxylic acids is 2. The van der Waals surface area contributed by atoms with Crippen molar-refractivity contribution in [2.75, 3.05) is 19.8 Å². The average Bonchev–Trinajstić information content (AvgIpc) is 3.26. The van der Waals surface area contributed by atoms with E-state index in [-0.39, 0.29) is 6.61 Å². The van der Waals surface area contributed by atoms with Crippen LogP contribution in [0.2, 0.25) is 0 Å². The van der Waals surface area contributed by atoms with Crippen molar-refractivity contribution in [2.24, 2.45) is 0 Å². The molecule has 0 aromatic heterocycles. The van der Waals surface area contributed by atoms with E-state index in [0.29, 0.717) is 12.8 Å². The van der Waals surface area contributed by atoms with Gasteiger partial charge in [0, 0.05) is 20.3 Å². The molecule has 0 aliphatic carbocycles. The first-order valence-corrected chi connectivity index (χ1v) is 25.1. The highest BCUT2D eigenvalue weighted by molar-refractivity contribution is 7.47. The Balaban J connectivity index is 2.30. The third-order valence-corrected chi connectivity index (χ3v) is 12.5. The van der Waals surface area contributed by atoms with Gasteiger partial charge in [0.2, 0.25) is 23.6 Å². The molecule has 2 fully saturated rings. The molecular weight excluding hydrogens is 923 g/mol. The molecule has 4 amide bonds. The lowest BCUT2D eigenvalue weighted by atomic mass is 9.94. The molecule has 1 unspecified atom stereocenters. The minimum absolute atomic E-state index is 0.197. The highest BCUT2D eigenvalue weighted by Crippen LogP contribution is 2.47. The van der Waals surface area contributed by atoms with Crippen LogP contribution in [0, 0.1) is 0 Å². The summed E-state index contributed by atoms with van der Waals surface area (Å²) in [6.07, 6.45) is -1.37. The number of ether oxygens (including phenoxy) is 4. The Hall–Kier alpha value is -3.39. The third-order valence-electron chi connectivity index (χ3n) is 11.5. The molecule has 0 bridgehead atoms. The highest BCUT2D eigenvalue weighted by Gasteiger charge is 2.54. The fourth-order valence-electron chi connectivity index (χ4n) is 7.75. The maximum absolute atomic E-state index is 13.6. The van der Waals surface area contributed by atoms with Gasteiger partial charge in [0.15, 0.2) is 12.6 Å². The molecule has 14 atom stereocenters. The summed E-state index contributed by atoms with van der Waals surface area (Å²) in [6.45, 7) is 4.71. The van der Waals surface area contributed by atoms with Crippen LogP contribution in [-0.4, -0.2) is 170 Å². The van der Waals surface area contributed by atoms with Crippen LogP contribution in [-0.2, 0) is 61.3 Å². The average molecular weight is 1000 g/mol. The van der Waals surface area contributed by atoms with Gasteiger partial charge in [0.25, 0.3) is 0 Å². The summed E-state index contributed by atoms with van der Waals surface area (Å²) in [5, 5.41) is 69.9. The number of unbranched alkanes of at least 4 members (excludes halogenated alkanes) is 13. The predicted molar refractivity (Wildman–Crippen MR) is 239 cm³/mol. The first-order valence-electron chi connectivity index (χ1n) is 23.6. The van der Waals surface area contributed by atoms with E-state index >= 15 is 0 Å². The van der Waals surface area contributed by atoms with Gasteiger partial charge < -0.3 is 75.7 Å². The number of phosphoric acid groups is 1. The van der Waals surface area contributed by atoms with Gasteiger partial charge in [-0.25, -0.2) is 9.36 Å². The molecule has 2 aliphatic heterocycles. The molecule has 2 heterocycles. The molecular formula is C43H77N4O20P. The molecule has 0 radical (unpaired) electrons. The lowest BCUT2D eigenvalue weighted by Gasteiger charge is -2.49. The molecule has 2 aliphatic rings. The monoisotopic (exact) mass is 1000 g/mol. The molecule has 24 nitrogen and oxygen atoms in total. The second-order valence-corrected chi connectivity index (χ2v) is 18.7. The van der Waals surface area contributed by atoms with Gasteiger partial charge in [-0.2, -0.15) is 0 Å². The second kappa shape index (κ2) is 31.8. The highest BCUT2D eigenvalue weighted by atomic mass is 31.2.